The average molecular weight is 674 g/mol. The number of aryl methyl sites for hydroxylation is 1. The number of benzene rings is 3. The van der Waals surface area contributed by atoms with E-state index in [1.165, 1.54) is 4.31 Å². The van der Waals surface area contributed by atoms with E-state index in [1.807, 2.05) is 43.3 Å². The lowest BCUT2D eigenvalue weighted by Gasteiger charge is -2.29. The van der Waals surface area contributed by atoms with Crippen molar-refractivity contribution in [3.63, 3.8) is 0 Å². The molecule has 5 rings (SSSR count). The van der Waals surface area contributed by atoms with Crippen LogP contribution in [0.25, 0.3) is 10.9 Å². The number of hydrogen-bond acceptors (Lipinski definition) is 4. The van der Waals surface area contributed by atoms with Crippen molar-refractivity contribution < 1.29 is 13.2 Å². The third-order valence-electron chi connectivity index (χ3n) is 7.25. The van der Waals surface area contributed by atoms with Crippen LogP contribution in [-0.2, 0) is 16.6 Å². The fourth-order valence-corrected chi connectivity index (χ4v) is 6.89. The Morgan fingerprint density at radius 1 is 1.00 bits per heavy atom. The lowest BCUT2D eigenvalue weighted by Crippen LogP contribution is -2.43. The number of aromatic amines is 1. The number of fused-ring (bicyclic) bond motifs is 1. The summed E-state index contributed by atoms with van der Waals surface area (Å²) in [6, 6.07) is 19.9. The number of amides is 1. The number of anilines is 1. The molecule has 2 N–H and O–H groups in total. The van der Waals surface area contributed by atoms with Crippen molar-refractivity contribution in [2.45, 2.75) is 37.2 Å². The third kappa shape index (κ3) is 6.09. The van der Waals surface area contributed by atoms with Gasteiger partial charge in [-0.2, -0.15) is 0 Å². The summed E-state index contributed by atoms with van der Waals surface area (Å²) < 4.78 is 31.0. The Hall–Kier alpha value is -2.66. The maximum absolute atomic E-state index is 13.9. The van der Waals surface area contributed by atoms with Crippen molar-refractivity contribution in [3.8, 4) is 0 Å². The molecule has 0 unspecified atom stereocenters. The SMILES string of the molecule is Cc1c(C(=O)NC2CCN(C)CC2)[nH]c2ccc(N(Cc3ccc(Br)cc3)S(=O)(=O)c3ccc(Br)cc3)cc12. The van der Waals surface area contributed by atoms with Gasteiger partial charge in [-0.05, 0) is 106 Å². The zero-order chi connectivity index (χ0) is 27.7. The van der Waals surface area contributed by atoms with Gasteiger partial charge in [0.1, 0.15) is 5.69 Å². The van der Waals surface area contributed by atoms with Crippen LogP contribution in [-0.4, -0.2) is 50.4 Å². The number of carbonyl (C=O) groups excluding carboxylic acids is 1. The van der Waals surface area contributed by atoms with Gasteiger partial charge >= 0.3 is 0 Å². The molecule has 1 aliphatic heterocycles. The van der Waals surface area contributed by atoms with Crippen molar-refractivity contribution in [2.24, 2.45) is 0 Å². The summed E-state index contributed by atoms with van der Waals surface area (Å²) in [5, 5.41) is 3.98. The third-order valence-corrected chi connectivity index (χ3v) is 10.1. The number of carbonyl (C=O) groups is 1. The van der Waals surface area contributed by atoms with Gasteiger partial charge in [0.05, 0.1) is 17.1 Å². The quantitative estimate of drug-likeness (QED) is 0.244. The van der Waals surface area contributed by atoms with Gasteiger partial charge < -0.3 is 15.2 Å². The van der Waals surface area contributed by atoms with Crippen LogP contribution < -0.4 is 9.62 Å². The number of likely N-dealkylation sites (tertiary alicyclic amines) is 1. The number of hydrogen-bond donors (Lipinski definition) is 2. The van der Waals surface area contributed by atoms with Gasteiger partial charge in [0.2, 0.25) is 0 Å². The summed E-state index contributed by atoms with van der Waals surface area (Å²) in [7, 11) is -1.79. The molecule has 3 aromatic carbocycles. The molecule has 1 amide bonds. The van der Waals surface area contributed by atoms with Crippen molar-refractivity contribution in [2.75, 3.05) is 24.4 Å². The largest absolute Gasteiger partial charge is 0.350 e. The van der Waals surface area contributed by atoms with Crippen LogP contribution >= 0.6 is 31.9 Å². The van der Waals surface area contributed by atoms with Crippen molar-refractivity contribution in [3.05, 3.63) is 92.5 Å². The van der Waals surface area contributed by atoms with Gasteiger partial charge in [0, 0.05) is 25.9 Å². The van der Waals surface area contributed by atoms with Gasteiger partial charge in [-0.15, -0.1) is 0 Å². The van der Waals surface area contributed by atoms with E-state index in [1.54, 1.807) is 30.3 Å². The highest BCUT2D eigenvalue weighted by Gasteiger charge is 2.27. The van der Waals surface area contributed by atoms with E-state index in [0.717, 1.165) is 56.9 Å². The molecule has 10 heteroatoms. The van der Waals surface area contributed by atoms with Gasteiger partial charge in [0.25, 0.3) is 15.9 Å². The number of nitrogens with one attached hydrogen (secondary N) is 2. The standard InChI is InChI=1S/C29H30Br2N4O3S/c1-19-26-17-24(9-12-27(26)33-28(19)29(36)32-23-13-15-34(2)16-14-23)35(18-20-3-5-21(30)6-4-20)39(37,38)25-10-7-22(31)8-11-25/h3-12,17,23,33H,13-16,18H2,1-2H3,(H,32,36). The van der Waals surface area contributed by atoms with E-state index in [-0.39, 0.29) is 23.4 Å². The highest BCUT2D eigenvalue weighted by molar-refractivity contribution is 9.10. The molecule has 0 spiro atoms. The maximum Gasteiger partial charge on any atom is 0.268 e. The highest BCUT2D eigenvalue weighted by atomic mass is 79.9. The molecule has 1 fully saturated rings. The van der Waals surface area contributed by atoms with Gasteiger partial charge in [-0.1, -0.05) is 44.0 Å². The number of rotatable bonds is 7. The van der Waals surface area contributed by atoms with Crippen molar-refractivity contribution >= 4 is 64.4 Å². The van der Waals surface area contributed by atoms with Crippen LogP contribution in [0.15, 0.2) is 80.6 Å². The highest BCUT2D eigenvalue weighted by Crippen LogP contribution is 2.32. The second kappa shape index (κ2) is 11.4. The Morgan fingerprint density at radius 2 is 1.62 bits per heavy atom. The van der Waals surface area contributed by atoms with Crippen LogP contribution in [0.1, 0.15) is 34.5 Å². The number of piperidine rings is 1. The minimum Gasteiger partial charge on any atom is -0.350 e. The topological polar surface area (TPSA) is 85.5 Å². The van der Waals surface area contributed by atoms with Crippen molar-refractivity contribution in [1.29, 1.82) is 0 Å². The molecule has 2 heterocycles. The van der Waals surface area contributed by atoms with E-state index in [0.29, 0.717) is 11.4 Å². The van der Waals surface area contributed by atoms with E-state index < -0.39 is 10.0 Å². The smallest absolute Gasteiger partial charge is 0.268 e. The summed E-state index contributed by atoms with van der Waals surface area (Å²) in [6.07, 6.45) is 1.84. The summed E-state index contributed by atoms with van der Waals surface area (Å²) in [6.45, 7) is 3.97. The Morgan fingerprint density at radius 3 is 2.26 bits per heavy atom. The molecule has 1 aromatic heterocycles. The van der Waals surface area contributed by atoms with Gasteiger partial charge in [0.15, 0.2) is 0 Å². The van der Waals surface area contributed by atoms with Gasteiger partial charge in [-0.25, -0.2) is 8.42 Å². The monoisotopic (exact) mass is 672 g/mol. The molecule has 4 aromatic rings. The average Bonchev–Trinajstić information content (AvgIpc) is 3.25. The van der Waals surface area contributed by atoms with Crippen LogP contribution in [0.2, 0.25) is 0 Å². The molecule has 1 aliphatic rings. The molecule has 204 valence electrons. The molecule has 1 saturated heterocycles. The first kappa shape index (κ1) is 27.9. The zero-order valence-electron chi connectivity index (χ0n) is 21.7. The summed E-state index contributed by atoms with van der Waals surface area (Å²) in [5.41, 5.74) is 3.47. The fraction of sp³-hybridized carbons (Fsp3) is 0.276. The molecule has 0 aliphatic carbocycles. The van der Waals surface area contributed by atoms with E-state index in [4.69, 9.17) is 0 Å². The van der Waals surface area contributed by atoms with E-state index >= 15 is 0 Å². The zero-order valence-corrected chi connectivity index (χ0v) is 25.7. The van der Waals surface area contributed by atoms with Crippen LogP contribution in [0, 0.1) is 6.92 Å². The van der Waals surface area contributed by atoms with Crippen LogP contribution in [0.3, 0.4) is 0 Å². The molecule has 0 bridgehead atoms. The molecule has 0 saturated carbocycles. The molecule has 0 radical (unpaired) electrons. The number of halogens is 2. The Bertz CT molecular complexity index is 1590. The van der Waals surface area contributed by atoms with Gasteiger partial charge in [-0.3, -0.25) is 9.10 Å². The summed E-state index contributed by atoms with van der Waals surface area (Å²) >= 11 is 6.83. The summed E-state index contributed by atoms with van der Waals surface area (Å²) in [4.78, 5) is 18.9. The molecule has 0 atom stereocenters. The lowest BCUT2D eigenvalue weighted by atomic mass is 10.0. The molecule has 39 heavy (non-hydrogen) atoms. The predicted molar refractivity (Wildman–Crippen MR) is 163 cm³/mol. The van der Waals surface area contributed by atoms with Crippen LogP contribution in [0.4, 0.5) is 5.69 Å². The second-order valence-corrected chi connectivity index (χ2v) is 13.7. The fourth-order valence-electron chi connectivity index (χ4n) is 4.91. The second-order valence-electron chi connectivity index (χ2n) is 10.00. The maximum atomic E-state index is 13.9. The Balaban J connectivity index is 1.51. The van der Waals surface area contributed by atoms with E-state index in [2.05, 4.69) is 54.1 Å². The Kier molecular flexibility index (Phi) is 8.19. The minimum atomic E-state index is -3.89. The van der Waals surface area contributed by atoms with E-state index in [9.17, 15) is 13.2 Å². The first-order valence-corrected chi connectivity index (χ1v) is 15.8. The van der Waals surface area contributed by atoms with Crippen LogP contribution in [0.5, 0.6) is 0 Å². The predicted octanol–water partition coefficient (Wildman–Crippen LogP) is 6.22. The number of aromatic nitrogens is 1. The number of nitrogens with zero attached hydrogens (tertiary/aromatic N) is 2. The minimum absolute atomic E-state index is 0.131. The number of H-pyrrole nitrogens is 1. The lowest BCUT2D eigenvalue weighted by molar-refractivity contribution is 0.0912. The first-order valence-electron chi connectivity index (χ1n) is 12.8. The molecule has 7 nitrogen and oxygen atoms in total. The molecular formula is C29H30Br2N4O3S. The molecular weight excluding hydrogens is 644 g/mol. The number of sulfonamides is 1. The van der Waals surface area contributed by atoms with Crippen molar-refractivity contribution in [1.82, 2.24) is 15.2 Å². The first-order chi connectivity index (χ1) is 18.6. The summed E-state index contributed by atoms with van der Waals surface area (Å²) in [5.74, 6) is -0.131. The Labute approximate surface area is 245 Å². The normalized spacial score (nSPS) is 15.0.